The first-order valence-corrected chi connectivity index (χ1v) is 8.62. The number of likely N-dealkylation sites (tertiary alicyclic amines) is 1. The summed E-state index contributed by atoms with van der Waals surface area (Å²) < 4.78 is 10.1. The van der Waals surface area contributed by atoms with E-state index in [1.54, 1.807) is 13.0 Å². The number of hydrogen-bond donors (Lipinski definition) is 2. The van der Waals surface area contributed by atoms with E-state index in [-0.39, 0.29) is 18.5 Å². The van der Waals surface area contributed by atoms with E-state index in [0.717, 1.165) is 43.9 Å². The molecule has 1 amide bonds. The summed E-state index contributed by atoms with van der Waals surface area (Å²) in [5.41, 5.74) is 0.735. The van der Waals surface area contributed by atoms with E-state index in [1.807, 2.05) is 6.92 Å². The Kier molecular flexibility index (Phi) is 5.77. The van der Waals surface area contributed by atoms with Crippen molar-refractivity contribution in [1.29, 1.82) is 0 Å². The van der Waals surface area contributed by atoms with Gasteiger partial charge in [-0.15, -0.1) is 0 Å². The number of anilines is 1. The van der Waals surface area contributed by atoms with Crippen molar-refractivity contribution in [3.05, 3.63) is 23.5 Å². The van der Waals surface area contributed by atoms with E-state index in [0.29, 0.717) is 18.3 Å². The lowest BCUT2D eigenvalue weighted by Gasteiger charge is -2.32. The van der Waals surface area contributed by atoms with Gasteiger partial charge in [0.05, 0.1) is 18.8 Å². The lowest BCUT2D eigenvalue weighted by Crippen LogP contribution is -2.47. The van der Waals surface area contributed by atoms with Gasteiger partial charge >= 0.3 is 0 Å². The summed E-state index contributed by atoms with van der Waals surface area (Å²) in [6, 6.07) is 1.95. The van der Waals surface area contributed by atoms with Crippen LogP contribution in [-0.4, -0.2) is 51.8 Å². The molecule has 3 rings (SSSR count). The van der Waals surface area contributed by atoms with Crippen LogP contribution in [0.1, 0.15) is 37.2 Å². The molecular formula is C16H24N6O3. The molecule has 1 aliphatic rings. The molecule has 3 heterocycles. The summed E-state index contributed by atoms with van der Waals surface area (Å²) in [6.45, 7) is 6.55. The highest BCUT2D eigenvalue weighted by molar-refractivity contribution is 5.90. The van der Waals surface area contributed by atoms with Crippen LogP contribution in [0.5, 0.6) is 0 Å². The van der Waals surface area contributed by atoms with E-state index < -0.39 is 0 Å². The Labute approximate surface area is 146 Å². The minimum absolute atomic E-state index is 0.140. The predicted molar refractivity (Wildman–Crippen MR) is 89.8 cm³/mol. The number of nitrogens with one attached hydrogen (secondary N) is 2. The number of nitrogens with zero attached hydrogens (tertiary/aromatic N) is 4. The standard InChI is InChI=1S/C16H24N6O3/c1-3-15-18-13(21-24-15)10-22-6-4-5-12(9-22)17-8-14(23)19-16-7-11(2)20-25-16/h7,12,17H,3-6,8-10H2,1-2H3,(H,19,23). The lowest BCUT2D eigenvalue weighted by atomic mass is 10.1. The molecule has 1 unspecified atom stereocenters. The van der Waals surface area contributed by atoms with Crippen molar-refractivity contribution < 1.29 is 13.8 Å². The molecule has 2 N–H and O–H groups in total. The first-order chi connectivity index (χ1) is 12.1. The van der Waals surface area contributed by atoms with Gasteiger partial charge in [0.1, 0.15) is 0 Å². The lowest BCUT2D eigenvalue weighted by molar-refractivity contribution is -0.115. The van der Waals surface area contributed by atoms with Crippen molar-refractivity contribution in [1.82, 2.24) is 25.5 Å². The van der Waals surface area contributed by atoms with Gasteiger partial charge in [-0.3, -0.25) is 15.0 Å². The van der Waals surface area contributed by atoms with Crippen LogP contribution in [0.4, 0.5) is 5.88 Å². The largest absolute Gasteiger partial charge is 0.339 e. The Bertz CT molecular complexity index is 698. The second-order valence-electron chi connectivity index (χ2n) is 6.29. The third kappa shape index (κ3) is 5.10. The highest BCUT2D eigenvalue weighted by Crippen LogP contribution is 2.13. The number of carbonyl (C=O) groups is 1. The number of aryl methyl sites for hydroxylation is 2. The summed E-state index contributed by atoms with van der Waals surface area (Å²) in [7, 11) is 0. The first kappa shape index (κ1) is 17.6. The molecule has 9 nitrogen and oxygen atoms in total. The predicted octanol–water partition coefficient (Wildman–Crippen LogP) is 1.12. The summed E-state index contributed by atoms with van der Waals surface area (Å²) in [5, 5.41) is 13.7. The monoisotopic (exact) mass is 348 g/mol. The van der Waals surface area contributed by atoms with E-state index in [1.165, 1.54) is 0 Å². The molecule has 9 heteroatoms. The maximum absolute atomic E-state index is 12.0. The fourth-order valence-corrected chi connectivity index (χ4v) is 2.90. The maximum atomic E-state index is 12.0. The van der Waals surface area contributed by atoms with Gasteiger partial charge < -0.3 is 14.4 Å². The Morgan fingerprint density at radius 3 is 3.00 bits per heavy atom. The number of rotatable bonds is 7. The molecule has 0 radical (unpaired) electrons. The van der Waals surface area contributed by atoms with Crippen LogP contribution in [0.3, 0.4) is 0 Å². The number of piperidine rings is 1. The highest BCUT2D eigenvalue weighted by Gasteiger charge is 2.22. The smallest absolute Gasteiger partial charge is 0.240 e. The molecule has 0 bridgehead atoms. The Morgan fingerprint density at radius 2 is 2.28 bits per heavy atom. The van der Waals surface area contributed by atoms with Gasteiger partial charge in [-0.1, -0.05) is 17.2 Å². The molecule has 0 saturated carbocycles. The number of hydrogen-bond acceptors (Lipinski definition) is 8. The van der Waals surface area contributed by atoms with E-state index >= 15 is 0 Å². The van der Waals surface area contributed by atoms with Crippen LogP contribution in [-0.2, 0) is 17.8 Å². The third-order valence-corrected chi connectivity index (χ3v) is 4.13. The summed E-state index contributed by atoms with van der Waals surface area (Å²) in [4.78, 5) is 18.6. The second-order valence-corrected chi connectivity index (χ2v) is 6.29. The van der Waals surface area contributed by atoms with Crippen molar-refractivity contribution >= 4 is 11.8 Å². The first-order valence-electron chi connectivity index (χ1n) is 8.62. The van der Waals surface area contributed by atoms with Crippen LogP contribution in [0.25, 0.3) is 0 Å². The SMILES string of the molecule is CCc1nc(CN2CCCC(NCC(=O)Nc3cc(C)no3)C2)no1. The highest BCUT2D eigenvalue weighted by atomic mass is 16.5. The molecule has 2 aromatic heterocycles. The molecule has 1 atom stereocenters. The second kappa shape index (κ2) is 8.21. The molecule has 0 aromatic carbocycles. The molecule has 1 fully saturated rings. The zero-order valence-corrected chi connectivity index (χ0v) is 14.6. The van der Waals surface area contributed by atoms with E-state index in [4.69, 9.17) is 9.05 Å². The molecule has 0 aliphatic carbocycles. The van der Waals surface area contributed by atoms with Gasteiger partial charge in [-0.25, -0.2) is 0 Å². The summed E-state index contributed by atoms with van der Waals surface area (Å²) in [6.07, 6.45) is 2.85. The zero-order chi connectivity index (χ0) is 17.6. The van der Waals surface area contributed by atoms with Gasteiger partial charge in [0.25, 0.3) is 0 Å². The van der Waals surface area contributed by atoms with Crippen molar-refractivity contribution in [3.8, 4) is 0 Å². The average molecular weight is 348 g/mol. The maximum Gasteiger partial charge on any atom is 0.240 e. The molecule has 25 heavy (non-hydrogen) atoms. The van der Waals surface area contributed by atoms with Crippen molar-refractivity contribution in [2.24, 2.45) is 0 Å². The fraction of sp³-hybridized carbons (Fsp3) is 0.625. The quantitative estimate of drug-likeness (QED) is 0.766. The number of carbonyl (C=O) groups excluding carboxylic acids is 1. The zero-order valence-electron chi connectivity index (χ0n) is 14.6. The molecule has 2 aromatic rings. The molecule has 0 spiro atoms. The van der Waals surface area contributed by atoms with Crippen LogP contribution in [0.15, 0.2) is 15.1 Å². The topological polar surface area (TPSA) is 109 Å². The molecule has 1 saturated heterocycles. The van der Waals surface area contributed by atoms with Gasteiger partial charge in [0, 0.05) is 25.1 Å². The Balaban J connectivity index is 1.42. The Morgan fingerprint density at radius 1 is 1.40 bits per heavy atom. The summed E-state index contributed by atoms with van der Waals surface area (Å²) in [5.74, 6) is 1.62. The molecule has 1 aliphatic heterocycles. The third-order valence-electron chi connectivity index (χ3n) is 4.13. The van der Waals surface area contributed by atoms with Crippen molar-refractivity contribution in [2.45, 2.75) is 45.7 Å². The average Bonchev–Trinajstić information content (AvgIpc) is 3.22. The number of aromatic nitrogens is 3. The van der Waals surface area contributed by atoms with Crippen LogP contribution >= 0.6 is 0 Å². The van der Waals surface area contributed by atoms with E-state index in [2.05, 4.69) is 30.8 Å². The number of amides is 1. The normalized spacial score (nSPS) is 18.4. The van der Waals surface area contributed by atoms with Gasteiger partial charge in [0.15, 0.2) is 5.82 Å². The van der Waals surface area contributed by atoms with Gasteiger partial charge in [0.2, 0.25) is 17.7 Å². The van der Waals surface area contributed by atoms with Crippen LogP contribution in [0, 0.1) is 6.92 Å². The van der Waals surface area contributed by atoms with Crippen LogP contribution in [0.2, 0.25) is 0 Å². The minimum Gasteiger partial charge on any atom is -0.339 e. The minimum atomic E-state index is -0.140. The Hall–Kier alpha value is -2.26. The van der Waals surface area contributed by atoms with E-state index in [9.17, 15) is 4.79 Å². The molecular weight excluding hydrogens is 324 g/mol. The van der Waals surface area contributed by atoms with Crippen LogP contribution < -0.4 is 10.6 Å². The van der Waals surface area contributed by atoms with Crippen molar-refractivity contribution in [2.75, 3.05) is 25.0 Å². The fourth-order valence-electron chi connectivity index (χ4n) is 2.90. The summed E-state index contributed by atoms with van der Waals surface area (Å²) >= 11 is 0. The molecule has 136 valence electrons. The van der Waals surface area contributed by atoms with Crippen molar-refractivity contribution in [3.63, 3.8) is 0 Å². The van der Waals surface area contributed by atoms with Gasteiger partial charge in [-0.05, 0) is 26.3 Å². The van der Waals surface area contributed by atoms with Gasteiger partial charge in [-0.2, -0.15) is 4.98 Å².